The number of nitrogens with one attached hydrogen (secondary N) is 1. The van der Waals surface area contributed by atoms with Gasteiger partial charge < -0.3 is 20.3 Å². The maximum absolute atomic E-state index is 12.5. The summed E-state index contributed by atoms with van der Waals surface area (Å²) in [6.07, 6.45) is 92.3. The zero-order valence-corrected chi connectivity index (χ0v) is 55.5. The Hall–Kier alpha value is -1.92. The standard InChI is InChI=1S/C76H145NO5/c1-3-5-7-9-11-13-15-17-19-21-23-24-25-27-30-33-36-40-44-48-52-56-60-64-68-74(79)73(72-78)77-75(80)69-65-61-57-53-49-45-41-37-34-31-28-26-29-32-35-39-43-47-51-55-59-63-67-71-82-76(81)70-66-62-58-54-50-46-42-38-22-20-18-16-14-12-10-8-6-4-2/h20,22,31,34,64,68,73-74,78-79H,3-19,21,23-30,32-33,35-63,65-67,69-72H2,1-2H3,(H,77,80)/b22-20-,34-31-,68-64+. The van der Waals surface area contributed by atoms with Crippen molar-refractivity contribution in [2.24, 2.45) is 0 Å². The maximum atomic E-state index is 12.5. The molecule has 0 heterocycles. The lowest BCUT2D eigenvalue weighted by molar-refractivity contribution is -0.143. The molecule has 1 amide bonds. The molecular weight excluding hydrogens is 1010 g/mol. The first-order valence-electron chi connectivity index (χ1n) is 37.3. The molecule has 0 saturated heterocycles. The van der Waals surface area contributed by atoms with Gasteiger partial charge in [0.2, 0.25) is 5.91 Å². The molecule has 6 heteroatoms. The van der Waals surface area contributed by atoms with E-state index in [-0.39, 0.29) is 18.5 Å². The fraction of sp³-hybridized carbons (Fsp3) is 0.895. The molecular formula is C76H145NO5. The quantitative estimate of drug-likeness (QED) is 0.0320. The van der Waals surface area contributed by atoms with E-state index in [1.54, 1.807) is 6.08 Å². The molecule has 0 aliphatic carbocycles. The number of hydrogen-bond donors (Lipinski definition) is 3. The van der Waals surface area contributed by atoms with Crippen LogP contribution in [0.1, 0.15) is 412 Å². The van der Waals surface area contributed by atoms with E-state index < -0.39 is 12.1 Å². The SMILES string of the molecule is CCCCCCCCC/C=C\CCCCCCCCCC(=O)OCCCCCCCCCCCCCC/C=C\CCCCCCCCCC(=O)NC(CO)C(O)/C=C/CCCCCCCCCCCCCCCCCCCCCCCC. The Kier molecular flexibility index (Phi) is 69.9. The normalized spacial score (nSPS) is 12.7. The zero-order chi connectivity index (χ0) is 59.2. The van der Waals surface area contributed by atoms with Gasteiger partial charge in [-0.1, -0.05) is 352 Å². The van der Waals surface area contributed by atoms with Crippen molar-refractivity contribution in [1.82, 2.24) is 5.32 Å². The number of unbranched alkanes of at least 4 members (excludes halogenated alkanes) is 55. The van der Waals surface area contributed by atoms with E-state index >= 15 is 0 Å². The number of rotatable bonds is 70. The molecule has 0 aliphatic heterocycles. The number of carbonyl (C=O) groups is 2. The van der Waals surface area contributed by atoms with Crippen LogP contribution in [-0.4, -0.2) is 47.4 Å². The van der Waals surface area contributed by atoms with Crippen molar-refractivity contribution in [3.05, 3.63) is 36.5 Å². The summed E-state index contributed by atoms with van der Waals surface area (Å²) in [5.74, 6) is -0.0613. The van der Waals surface area contributed by atoms with Crippen molar-refractivity contribution in [2.75, 3.05) is 13.2 Å². The molecule has 0 rings (SSSR count). The first kappa shape index (κ1) is 80.1. The highest BCUT2D eigenvalue weighted by atomic mass is 16.5. The van der Waals surface area contributed by atoms with Crippen molar-refractivity contribution < 1.29 is 24.5 Å². The van der Waals surface area contributed by atoms with Gasteiger partial charge >= 0.3 is 5.97 Å². The zero-order valence-electron chi connectivity index (χ0n) is 55.5. The molecule has 0 spiro atoms. The summed E-state index contributed by atoms with van der Waals surface area (Å²) in [7, 11) is 0. The van der Waals surface area contributed by atoms with Crippen molar-refractivity contribution >= 4 is 11.9 Å². The summed E-state index contributed by atoms with van der Waals surface area (Å²) in [5, 5.41) is 23.3. The highest BCUT2D eigenvalue weighted by Crippen LogP contribution is 2.19. The van der Waals surface area contributed by atoms with Gasteiger partial charge in [0.25, 0.3) is 0 Å². The molecule has 82 heavy (non-hydrogen) atoms. The summed E-state index contributed by atoms with van der Waals surface area (Å²) in [4.78, 5) is 24.7. The molecule has 0 fully saturated rings. The van der Waals surface area contributed by atoms with Crippen molar-refractivity contribution in [1.29, 1.82) is 0 Å². The van der Waals surface area contributed by atoms with Gasteiger partial charge in [-0.3, -0.25) is 9.59 Å². The predicted molar refractivity (Wildman–Crippen MR) is 361 cm³/mol. The van der Waals surface area contributed by atoms with Crippen LogP contribution in [0.25, 0.3) is 0 Å². The van der Waals surface area contributed by atoms with E-state index in [0.717, 1.165) is 51.4 Å². The largest absolute Gasteiger partial charge is 0.466 e. The lowest BCUT2D eigenvalue weighted by atomic mass is 10.0. The number of hydrogen-bond acceptors (Lipinski definition) is 5. The predicted octanol–water partition coefficient (Wildman–Crippen LogP) is 24.3. The number of amides is 1. The monoisotopic (exact) mass is 1150 g/mol. The number of ether oxygens (including phenoxy) is 1. The average Bonchev–Trinajstić information content (AvgIpc) is 3.48. The van der Waals surface area contributed by atoms with Crippen LogP contribution in [0.5, 0.6) is 0 Å². The summed E-state index contributed by atoms with van der Waals surface area (Å²) in [5.41, 5.74) is 0. The molecule has 0 aromatic carbocycles. The molecule has 0 bridgehead atoms. The Bertz CT molecular complexity index is 1330. The minimum Gasteiger partial charge on any atom is -0.466 e. The Balaban J connectivity index is 3.43. The fourth-order valence-electron chi connectivity index (χ4n) is 11.7. The number of allylic oxidation sites excluding steroid dienone is 5. The molecule has 0 saturated carbocycles. The van der Waals surface area contributed by atoms with E-state index in [9.17, 15) is 19.8 Å². The van der Waals surface area contributed by atoms with Crippen LogP contribution in [0, 0.1) is 0 Å². The van der Waals surface area contributed by atoms with Gasteiger partial charge in [-0.25, -0.2) is 0 Å². The van der Waals surface area contributed by atoms with E-state index in [0.29, 0.717) is 19.4 Å². The summed E-state index contributed by atoms with van der Waals surface area (Å²) in [6.45, 7) is 4.94. The second-order valence-corrected chi connectivity index (χ2v) is 25.6. The smallest absolute Gasteiger partial charge is 0.305 e. The first-order valence-corrected chi connectivity index (χ1v) is 37.3. The minimum absolute atomic E-state index is 0.00887. The van der Waals surface area contributed by atoms with Crippen molar-refractivity contribution in [2.45, 2.75) is 424 Å². The minimum atomic E-state index is -0.850. The van der Waals surface area contributed by atoms with Gasteiger partial charge in [0.1, 0.15) is 0 Å². The summed E-state index contributed by atoms with van der Waals surface area (Å²) < 4.78 is 5.50. The molecule has 0 aliphatic rings. The molecule has 0 aromatic heterocycles. The fourth-order valence-corrected chi connectivity index (χ4v) is 11.7. The first-order chi connectivity index (χ1) is 40.5. The van der Waals surface area contributed by atoms with Crippen LogP contribution in [0.15, 0.2) is 36.5 Å². The van der Waals surface area contributed by atoms with Gasteiger partial charge in [-0.05, 0) is 83.5 Å². The van der Waals surface area contributed by atoms with Gasteiger partial charge in [-0.2, -0.15) is 0 Å². The number of aliphatic hydroxyl groups is 2. The second-order valence-electron chi connectivity index (χ2n) is 25.6. The van der Waals surface area contributed by atoms with E-state index in [4.69, 9.17) is 4.74 Å². The molecule has 484 valence electrons. The highest BCUT2D eigenvalue weighted by molar-refractivity contribution is 5.76. The number of aliphatic hydroxyl groups excluding tert-OH is 2. The molecule has 2 atom stereocenters. The maximum Gasteiger partial charge on any atom is 0.305 e. The highest BCUT2D eigenvalue weighted by Gasteiger charge is 2.18. The van der Waals surface area contributed by atoms with Crippen LogP contribution in [0.3, 0.4) is 0 Å². The third-order valence-corrected chi connectivity index (χ3v) is 17.4. The van der Waals surface area contributed by atoms with E-state index in [2.05, 4.69) is 43.5 Å². The Morgan fingerprint density at radius 2 is 0.573 bits per heavy atom. The topological polar surface area (TPSA) is 95.9 Å². The average molecular weight is 1150 g/mol. The summed E-state index contributed by atoms with van der Waals surface area (Å²) in [6, 6.07) is -0.634. The lowest BCUT2D eigenvalue weighted by Crippen LogP contribution is -2.45. The van der Waals surface area contributed by atoms with Crippen LogP contribution in [-0.2, 0) is 14.3 Å². The van der Waals surface area contributed by atoms with Gasteiger partial charge in [0.05, 0.1) is 25.4 Å². The van der Waals surface area contributed by atoms with Gasteiger partial charge in [0.15, 0.2) is 0 Å². The molecule has 2 unspecified atom stereocenters. The number of esters is 1. The van der Waals surface area contributed by atoms with Crippen molar-refractivity contribution in [3.8, 4) is 0 Å². The third kappa shape index (κ3) is 67.2. The van der Waals surface area contributed by atoms with Gasteiger partial charge in [0, 0.05) is 12.8 Å². The molecule has 3 N–H and O–H groups in total. The molecule has 6 nitrogen and oxygen atoms in total. The molecule has 0 radical (unpaired) electrons. The lowest BCUT2D eigenvalue weighted by Gasteiger charge is -2.20. The van der Waals surface area contributed by atoms with Gasteiger partial charge in [-0.15, -0.1) is 0 Å². The summed E-state index contributed by atoms with van der Waals surface area (Å²) >= 11 is 0. The van der Waals surface area contributed by atoms with Crippen LogP contribution < -0.4 is 5.32 Å². The van der Waals surface area contributed by atoms with Crippen LogP contribution in [0.4, 0.5) is 0 Å². The second kappa shape index (κ2) is 71.6. The Morgan fingerprint density at radius 1 is 0.329 bits per heavy atom. The van der Waals surface area contributed by atoms with Crippen LogP contribution >= 0.6 is 0 Å². The van der Waals surface area contributed by atoms with Crippen LogP contribution in [0.2, 0.25) is 0 Å². The van der Waals surface area contributed by atoms with E-state index in [1.165, 1.54) is 334 Å². The Morgan fingerprint density at radius 3 is 0.866 bits per heavy atom. The Labute approximate surface area is 513 Å². The third-order valence-electron chi connectivity index (χ3n) is 17.4. The van der Waals surface area contributed by atoms with Crippen molar-refractivity contribution in [3.63, 3.8) is 0 Å². The molecule has 0 aromatic rings. The van der Waals surface area contributed by atoms with E-state index in [1.807, 2.05) is 6.08 Å². The number of carbonyl (C=O) groups excluding carboxylic acids is 2.